The molecule has 3 rings (SSSR count). The van der Waals surface area contributed by atoms with Gasteiger partial charge in [0.05, 0.1) is 19.3 Å². The van der Waals surface area contributed by atoms with Crippen molar-refractivity contribution in [3.63, 3.8) is 0 Å². The number of aryl methyl sites for hydroxylation is 1. The molecule has 0 spiro atoms. The number of rotatable bonds is 2. The lowest BCUT2D eigenvalue weighted by Gasteiger charge is -2.47. The zero-order valence-electron chi connectivity index (χ0n) is 14.1. The molecule has 1 aromatic carbocycles. The topological polar surface area (TPSA) is 6.48 Å². The van der Waals surface area contributed by atoms with Crippen LogP contribution in [0.2, 0.25) is 0 Å². The largest absolute Gasteiger partial charge is 0.376 e. The van der Waals surface area contributed by atoms with Crippen LogP contribution in [0, 0.1) is 6.92 Å². The zero-order valence-corrected chi connectivity index (χ0v) is 14.1. The molecule has 2 atom stereocenters. The van der Waals surface area contributed by atoms with E-state index < -0.39 is 0 Å². The highest BCUT2D eigenvalue weighted by Crippen LogP contribution is 2.44. The van der Waals surface area contributed by atoms with E-state index in [2.05, 4.69) is 69.2 Å². The molecule has 114 valence electrons. The van der Waals surface area contributed by atoms with E-state index in [1.54, 1.807) is 0 Å². The minimum Gasteiger partial charge on any atom is -0.376 e. The Morgan fingerprint density at radius 1 is 1.29 bits per heavy atom. The van der Waals surface area contributed by atoms with Gasteiger partial charge < -0.3 is 9.38 Å². The minimum atomic E-state index is 0.470. The lowest BCUT2D eigenvalue weighted by Crippen LogP contribution is -2.57. The summed E-state index contributed by atoms with van der Waals surface area (Å²) in [5.41, 5.74) is 5.80. The van der Waals surface area contributed by atoms with Crippen LogP contribution in [0.5, 0.6) is 0 Å². The second kappa shape index (κ2) is 5.15. The Kier molecular flexibility index (Phi) is 3.58. The molecule has 3 heteroatoms. The average Bonchev–Trinajstić information content (AvgIpc) is 2.80. The third kappa shape index (κ3) is 2.39. The first-order valence-electron chi connectivity index (χ1n) is 7.93. The van der Waals surface area contributed by atoms with E-state index in [0.29, 0.717) is 6.04 Å². The van der Waals surface area contributed by atoms with Crippen LogP contribution in [-0.2, 0) is 0 Å². The van der Waals surface area contributed by atoms with E-state index in [-0.39, 0.29) is 0 Å². The van der Waals surface area contributed by atoms with Crippen molar-refractivity contribution in [1.82, 2.24) is 9.80 Å². The van der Waals surface area contributed by atoms with Crippen molar-refractivity contribution in [2.45, 2.75) is 19.4 Å². The van der Waals surface area contributed by atoms with Crippen molar-refractivity contribution in [3.05, 3.63) is 40.6 Å². The number of nitrogens with zero attached hydrogens (tertiary/aromatic N) is 3. The quantitative estimate of drug-likeness (QED) is 0.771. The van der Waals surface area contributed by atoms with Crippen LogP contribution in [0.1, 0.15) is 29.2 Å². The Morgan fingerprint density at radius 3 is 2.71 bits per heavy atom. The maximum absolute atomic E-state index is 2.48. The molecule has 1 aliphatic heterocycles. The van der Waals surface area contributed by atoms with Crippen molar-refractivity contribution in [1.29, 1.82) is 0 Å². The van der Waals surface area contributed by atoms with E-state index in [9.17, 15) is 0 Å². The molecule has 0 N–H and O–H groups in total. The third-order valence-electron chi connectivity index (χ3n) is 5.14. The Hall–Kier alpha value is -1.32. The van der Waals surface area contributed by atoms with Gasteiger partial charge in [0.25, 0.3) is 0 Å². The van der Waals surface area contributed by atoms with Gasteiger partial charge in [0.15, 0.2) is 6.04 Å². The van der Waals surface area contributed by atoms with Crippen molar-refractivity contribution in [3.8, 4) is 0 Å². The molecule has 1 aromatic rings. The molecule has 1 heterocycles. The lowest BCUT2D eigenvalue weighted by molar-refractivity contribution is -0.948. The second-order valence-electron chi connectivity index (χ2n) is 7.22. The van der Waals surface area contributed by atoms with Crippen molar-refractivity contribution in [2.24, 2.45) is 0 Å². The molecular weight excluding hydrogens is 258 g/mol. The lowest BCUT2D eigenvalue weighted by atomic mass is 9.99. The number of quaternary nitrogens is 1. The summed E-state index contributed by atoms with van der Waals surface area (Å²) in [4.78, 5) is 4.78. The summed E-state index contributed by atoms with van der Waals surface area (Å²) in [5, 5.41) is 0. The van der Waals surface area contributed by atoms with Crippen LogP contribution in [-0.4, -0.2) is 62.2 Å². The standard InChI is InChI=1S/C18H28N3/c1-14-8-6-9-15-16(14)12-17(19(2)3)18(15)21(5)11-7-10-20(4)13-21/h6,8-9,12,18H,7,10-11,13H2,1-5H3/q+1. The molecule has 0 bridgehead atoms. The Labute approximate surface area is 129 Å². The Morgan fingerprint density at radius 2 is 2.05 bits per heavy atom. The first-order chi connectivity index (χ1) is 9.92. The summed E-state index contributed by atoms with van der Waals surface area (Å²) in [5.74, 6) is 0. The maximum atomic E-state index is 2.48. The van der Waals surface area contributed by atoms with Gasteiger partial charge >= 0.3 is 0 Å². The molecule has 21 heavy (non-hydrogen) atoms. The van der Waals surface area contributed by atoms with Gasteiger partial charge in [-0.2, -0.15) is 0 Å². The van der Waals surface area contributed by atoms with Crippen molar-refractivity contribution in [2.75, 3.05) is 47.9 Å². The molecular formula is C18H28N3+. The molecule has 3 nitrogen and oxygen atoms in total. The molecule has 1 aliphatic carbocycles. The number of benzene rings is 1. The van der Waals surface area contributed by atoms with Crippen LogP contribution >= 0.6 is 0 Å². The van der Waals surface area contributed by atoms with Crippen LogP contribution in [0.4, 0.5) is 0 Å². The highest BCUT2D eigenvalue weighted by atomic mass is 15.5. The first-order valence-corrected chi connectivity index (χ1v) is 7.93. The fraction of sp³-hybridized carbons (Fsp3) is 0.556. The molecule has 2 unspecified atom stereocenters. The Bertz CT molecular complexity index is 576. The van der Waals surface area contributed by atoms with Crippen molar-refractivity contribution >= 4 is 6.08 Å². The number of fused-ring (bicyclic) bond motifs is 1. The van der Waals surface area contributed by atoms with E-state index in [1.807, 2.05) is 0 Å². The van der Waals surface area contributed by atoms with Gasteiger partial charge in [-0.3, -0.25) is 4.90 Å². The van der Waals surface area contributed by atoms with Crippen LogP contribution in [0.3, 0.4) is 0 Å². The molecule has 1 saturated heterocycles. The summed E-state index contributed by atoms with van der Waals surface area (Å²) < 4.78 is 1.09. The van der Waals surface area contributed by atoms with E-state index >= 15 is 0 Å². The third-order valence-corrected chi connectivity index (χ3v) is 5.14. The molecule has 0 amide bonds. The minimum absolute atomic E-state index is 0.470. The van der Waals surface area contributed by atoms with Crippen LogP contribution < -0.4 is 0 Å². The SMILES string of the molecule is Cc1cccc2c1C=C(N(C)C)C2[N+]1(C)CCCN(C)C1. The highest BCUT2D eigenvalue weighted by molar-refractivity contribution is 5.67. The number of likely N-dealkylation sites (N-methyl/N-ethyl adjacent to an activating group) is 2. The monoisotopic (exact) mass is 286 g/mol. The maximum Gasteiger partial charge on any atom is 0.157 e. The summed E-state index contributed by atoms with van der Waals surface area (Å²) in [6, 6.07) is 7.25. The predicted molar refractivity (Wildman–Crippen MR) is 88.7 cm³/mol. The van der Waals surface area contributed by atoms with Crippen LogP contribution in [0.25, 0.3) is 6.08 Å². The Balaban J connectivity index is 2.08. The summed E-state index contributed by atoms with van der Waals surface area (Å²) in [6.45, 7) is 5.84. The fourth-order valence-electron chi connectivity index (χ4n) is 4.16. The van der Waals surface area contributed by atoms with E-state index in [4.69, 9.17) is 0 Å². The van der Waals surface area contributed by atoms with Gasteiger partial charge in [0.2, 0.25) is 0 Å². The zero-order chi connectivity index (χ0) is 15.2. The smallest absolute Gasteiger partial charge is 0.157 e. The van der Waals surface area contributed by atoms with Gasteiger partial charge in [-0.1, -0.05) is 18.2 Å². The molecule has 0 radical (unpaired) electrons. The summed E-state index contributed by atoms with van der Waals surface area (Å²) >= 11 is 0. The number of hydrogen-bond donors (Lipinski definition) is 0. The average molecular weight is 286 g/mol. The molecule has 2 aliphatic rings. The van der Waals surface area contributed by atoms with Gasteiger partial charge in [0, 0.05) is 32.6 Å². The predicted octanol–water partition coefficient (Wildman–Crippen LogP) is 2.69. The van der Waals surface area contributed by atoms with Gasteiger partial charge in [0.1, 0.15) is 6.67 Å². The summed E-state index contributed by atoms with van der Waals surface area (Å²) in [6.07, 6.45) is 3.69. The van der Waals surface area contributed by atoms with Crippen LogP contribution in [0.15, 0.2) is 23.9 Å². The fourth-order valence-corrected chi connectivity index (χ4v) is 4.16. The van der Waals surface area contributed by atoms with Gasteiger partial charge in [-0.25, -0.2) is 0 Å². The van der Waals surface area contributed by atoms with Crippen molar-refractivity contribution < 1.29 is 4.48 Å². The first kappa shape index (κ1) is 14.6. The molecule has 0 saturated carbocycles. The molecule has 1 fully saturated rings. The normalized spacial score (nSPS) is 29.2. The number of hydrogen-bond acceptors (Lipinski definition) is 2. The van der Waals surface area contributed by atoms with Gasteiger partial charge in [-0.15, -0.1) is 0 Å². The molecule has 0 aromatic heterocycles. The van der Waals surface area contributed by atoms with Gasteiger partial charge in [-0.05, 0) is 31.2 Å². The van der Waals surface area contributed by atoms with E-state index in [1.165, 1.54) is 41.9 Å². The second-order valence-corrected chi connectivity index (χ2v) is 7.22. The van der Waals surface area contributed by atoms with E-state index in [0.717, 1.165) is 11.2 Å². The highest BCUT2D eigenvalue weighted by Gasteiger charge is 2.43. The summed E-state index contributed by atoms with van der Waals surface area (Å²) in [7, 11) is 9.04.